The van der Waals surface area contributed by atoms with Crippen LogP contribution in [0.25, 0.3) is 32.6 Å². The van der Waals surface area contributed by atoms with Crippen molar-refractivity contribution in [3.8, 4) is 45.7 Å². The van der Waals surface area contributed by atoms with Gasteiger partial charge in [0.05, 0.1) is 32.7 Å². The number of amides is 1. The molecule has 1 aromatic carbocycles. The number of anilines is 3. The van der Waals surface area contributed by atoms with Gasteiger partial charge in [0, 0.05) is 34.3 Å². The largest absolute Gasteiger partial charge is 0.493 e. The normalized spacial score (nSPS) is 10.7. The number of hydrogen-bond acceptors (Lipinski definition) is 12. The molecular weight excluding hydrogens is 538 g/mol. The van der Waals surface area contributed by atoms with Crippen LogP contribution in [-0.4, -0.2) is 42.2 Å². The first kappa shape index (κ1) is 25.7. The van der Waals surface area contributed by atoms with Gasteiger partial charge in [0.2, 0.25) is 5.75 Å². The molecule has 13 heteroatoms. The monoisotopic (exact) mass is 559 g/mol. The van der Waals surface area contributed by atoms with Gasteiger partial charge < -0.3 is 25.7 Å². The first-order valence-electron chi connectivity index (χ1n) is 11.3. The summed E-state index contributed by atoms with van der Waals surface area (Å²) in [6.45, 7) is 0. The second-order valence-electron chi connectivity index (χ2n) is 8.03. The Morgan fingerprint density at radius 2 is 1.82 bits per heavy atom. The van der Waals surface area contributed by atoms with E-state index in [9.17, 15) is 10.1 Å². The maximum atomic E-state index is 13.3. The van der Waals surface area contributed by atoms with Gasteiger partial charge in [0.15, 0.2) is 16.6 Å². The van der Waals surface area contributed by atoms with Crippen LogP contribution in [0.1, 0.15) is 15.2 Å². The highest BCUT2D eigenvalue weighted by Crippen LogP contribution is 2.47. The van der Waals surface area contributed by atoms with Crippen LogP contribution >= 0.6 is 22.7 Å². The van der Waals surface area contributed by atoms with Crippen LogP contribution < -0.4 is 31.0 Å². The number of rotatable bonds is 7. The van der Waals surface area contributed by atoms with Gasteiger partial charge in [0.25, 0.3) is 5.91 Å². The Bertz CT molecular complexity index is 1740. The van der Waals surface area contributed by atoms with Crippen LogP contribution in [0.4, 0.5) is 16.6 Å². The molecule has 0 saturated carbocycles. The van der Waals surface area contributed by atoms with Crippen LogP contribution in [0, 0.1) is 11.3 Å². The third kappa shape index (κ3) is 4.52. The molecule has 4 aromatic heterocycles. The predicted octanol–water partition coefficient (Wildman–Crippen LogP) is 4.80. The summed E-state index contributed by atoms with van der Waals surface area (Å²) in [6, 6.07) is 9.17. The number of carbonyl (C=O) groups excluding carboxylic acids is 1. The molecule has 0 radical (unpaired) electrons. The van der Waals surface area contributed by atoms with Crippen molar-refractivity contribution in [2.24, 2.45) is 0 Å². The maximum Gasteiger partial charge on any atom is 0.269 e. The number of aromatic nitrogens is 3. The van der Waals surface area contributed by atoms with Crippen LogP contribution in [0.2, 0.25) is 0 Å². The highest BCUT2D eigenvalue weighted by atomic mass is 32.1. The molecule has 4 heterocycles. The summed E-state index contributed by atoms with van der Waals surface area (Å²) in [6.07, 6.45) is 3.37. The topological polar surface area (TPSA) is 171 Å². The molecule has 0 saturated heterocycles. The van der Waals surface area contributed by atoms with E-state index in [0.717, 1.165) is 16.9 Å². The minimum atomic E-state index is -0.462. The van der Waals surface area contributed by atoms with E-state index in [4.69, 9.17) is 25.7 Å². The molecule has 0 spiro atoms. The van der Waals surface area contributed by atoms with Gasteiger partial charge in [-0.25, -0.2) is 9.97 Å². The van der Waals surface area contributed by atoms with E-state index in [1.54, 1.807) is 24.5 Å². The molecule has 196 valence electrons. The first-order valence-corrected chi connectivity index (χ1v) is 13.0. The standard InChI is InChI=1S/C26H21N7O4S2/c1-35-16-7-13(8-17(36-2)21(16)37-3)18-14(9-27)23(29)32-25-19(18)20(28)22(39-25)24(34)33-26-31-15(11-38-26)12-5-4-6-30-10-12/h4-8,10-11H,28H2,1-3H3,(H2,29,32)(H,31,33,34). The molecule has 5 N–H and O–H groups in total. The smallest absolute Gasteiger partial charge is 0.269 e. The van der Waals surface area contributed by atoms with Gasteiger partial charge in [-0.2, -0.15) is 5.26 Å². The molecule has 5 rings (SSSR count). The number of benzene rings is 1. The summed E-state index contributed by atoms with van der Waals surface area (Å²) >= 11 is 2.34. The van der Waals surface area contributed by atoms with E-state index >= 15 is 0 Å². The Morgan fingerprint density at radius 3 is 2.44 bits per heavy atom. The summed E-state index contributed by atoms with van der Waals surface area (Å²) in [5.74, 6) is 0.671. The number of methoxy groups -OCH3 is 3. The molecule has 39 heavy (non-hydrogen) atoms. The molecule has 11 nitrogen and oxygen atoms in total. The molecule has 0 fully saturated rings. The minimum Gasteiger partial charge on any atom is -0.493 e. The third-order valence-corrected chi connectivity index (χ3v) is 7.71. The maximum absolute atomic E-state index is 13.3. The fourth-order valence-corrected chi connectivity index (χ4v) is 5.82. The van der Waals surface area contributed by atoms with Crippen molar-refractivity contribution in [2.45, 2.75) is 0 Å². The molecule has 0 aliphatic carbocycles. The lowest BCUT2D eigenvalue weighted by molar-refractivity contribution is 0.103. The Hall–Kier alpha value is -4.93. The number of nitrogens with zero attached hydrogens (tertiary/aromatic N) is 4. The number of nitriles is 1. The number of thiazole rings is 1. The van der Waals surface area contributed by atoms with Gasteiger partial charge in [-0.05, 0) is 29.8 Å². The van der Waals surface area contributed by atoms with Crippen molar-refractivity contribution in [1.82, 2.24) is 15.0 Å². The van der Waals surface area contributed by atoms with Gasteiger partial charge in [0.1, 0.15) is 27.2 Å². The number of thiophene rings is 1. The number of hydrogen-bond donors (Lipinski definition) is 3. The van der Waals surface area contributed by atoms with Crippen molar-refractivity contribution in [3.05, 3.63) is 52.5 Å². The van der Waals surface area contributed by atoms with Crippen LogP contribution in [-0.2, 0) is 0 Å². The van der Waals surface area contributed by atoms with Crippen molar-refractivity contribution < 1.29 is 19.0 Å². The van der Waals surface area contributed by atoms with Crippen molar-refractivity contribution in [2.75, 3.05) is 38.1 Å². The Morgan fingerprint density at radius 1 is 1.08 bits per heavy atom. The summed E-state index contributed by atoms with van der Waals surface area (Å²) in [5, 5.41) is 15.4. The Kier molecular flexibility index (Phi) is 6.88. The van der Waals surface area contributed by atoms with E-state index in [1.165, 1.54) is 32.7 Å². The zero-order chi connectivity index (χ0) is 27.7. The Balaban J connectivity index is 1.62. The lowest BCUT2D eigenvalue weighted by Crippen LogP contribution is -2.11. The minimum absolute atomic E-state index is 0.00277. The number of ether oxygens (including phenoxy) is 3. The van der Waals surface area contributed by atoms with Crippen molar-refractivity contribution in [3.63, 3.8) is 0 Å². The van der Waals surface area contributed by atoms with Crippen molar-refractivity contribution in [1.29, 1.82) is 5.26 Å². The molecule has 0 aliphatic rings. The van der Waals surface area contributed by atoms with E-state index < -0.39 is 5.91 Å². The summed E-state index contributed by atoms with van der Waals surface area (Å²) in [5.41, 5.74) is 15.4. The van der Waals surface area contributed by atoms with Gasteiger partial charge in [-0.1, -0.05) is 0 Å². The van der Waals surface area contributed by atoms with E-state index in [0.29, 0.717) is 49.4 Å². The number of fused-ring (bicyclic) bond motifs is 1. The van der Waals surface area contributed by atoms with E-state index in [2.05, 4.69) is 26.3 Å². The zero-order valence-electron chi connectivity index (χ0n) is 20.9. The first-order chi connectivity index (χ1) is 18.9. The van der Waals surface area contributed by atoms with E-state index in [-0.39, 0.29) is 21.9 Å². The molecule has 1 amide bonds. The predicted molar refractivity (Wildman–Crippen MR) is 152 cm³/mol. The van der Waals surface area contributed by atoms with Gasteiger partial charge in [-0.3, -0.25) is 15.1 Å². The summed E-state index contributed by atoms with van der Waals surface area (Å²) in [4.78, 5) is 26.9. The molecular formula is C26H21N7O4S2. The molecule has 0 unspecified atom stereocenters. The fourth-order valence-electron chi connectivity index (χ4n) is 4.10. The average molecular weight is 560 g/mol. The molecule has 5 aromatic rings. The molecule has 0 atom stereocenters. The van der Waals surface area contributed by atoms with Crippen LogP contribution in [0.3, 0.4) is 0 Å². The number of nitrogens with one attached hydrogen (secondary N) is 1. The summed E-state index contributed by atoms with van der Waals surface area (Å²) in [7, 11) is 4.47. The second-order valence-corrected chi connectivity index (χ2v) is 9.89. The van der Waals surface area contributed by atoms with E-state index in [1.807, 2.05) is 17.5 Å². The van der Waals surface area contributed by atoms with Crippen LogP contribution in [0.15, 0.2) is 42.0 Å². The molecule has 0 aliphatic heterocycles. The highest BCUT2D eigenvalue weighted by Gasteiger charge is 2.26. The number of nitrogen functional groups attached to an aromatic ring is 2. The van der Waals surface area contributed by atoms with Crippen LogP contribution in [0.5, 0.6) is 17.2 Å². The Labute approximate surface area is 230 Å². The third-order valence-electron chi connectivity index (χ3n) is 5.86. The lowest BCUT2D eigenvalue weighted by atomic mass is 9.96. The number of pyridine rings is 2. The quantitative estimate of drug-likeness (QED) is 0.252. The average Bonchev–Trinajstić information content (AvgIpc) is 3.55. The zero-order valence-corrected chi connectivity index (χ0v) is 22.6. The summed E-state index contributed by atoms with van der Waals surface area (Å²) < 4.78 is 16.4. The van der Waals surface area contributed by atoms with Gasteiger partial charge >= 0.3 is 0 Å². The number of carbonyl (C=O) groups is 1. The molecule has 0 bridgehead atoms. The number of nitrogens with two attached hydrogens (primary N) is 2. The SMILES string of the molecule is COc1cc(-c2c(C#N)c(N)nc3sc(C(=O)Nc4nc(-c5cccnc5)cs4)c(N)c23)cc(OC)c1OC. The van der Waals surface area contributed by atoms with Crippen molar-refractivity contribution >= 4 is 55.4 Å². The lowest BCUT2D eigenvalue weighted by Gasteiger charge is -2.16. The fraction of sp³-hybridized carbons (Fsp3) is 0.115. The highest BCUT2D eigenvalue weighted by molar-refractivity contribution is 7.21. The van der Waals surface area contributed by atoms with Gasteiger partial charge in [-0.15, -0.1) is 22.7 Å². The second kappa shape index (κ2) is 10.4.